The van der Waals surface area contributed by atoms with Gasteiger partial charge in [0.05, 0.1) is 17.3 Å². The van der Waals surface area contributed by atoms with Crippen LogP contribution in [0, 0.1) is 6.92 Å². The number of hydrazine groups is 1. The van der Waals surface area contributed by atoms with Gasteiger partial charge in [-0.25, -0.2) is 4.98 Å². The van der Waals surface area contributed by atoms with Gasteiger partial charge in [-0.05, 0) is 19.1 Å². The largest absolute Gasteiger partial charge is 0.469 e. The molecule has 0 aliphatic carbocycles. The molecule has 1 atom stereocenters. The minimum absolute atomic E-state index is 0.0716. The summed E-state index contributed by atoms with van der Waals surface area (Å²) in [7, 11) is 0. The number of furan rings is 1. The summed E-state index contributed by atoms with van der Waals surface area (Å²) in [5.41, 5.74) is 2.78. The third-order valence-corrected chi connectivity index (χ3v) is 3.20. The zero-order valence-electron chi connectivity index (χ0n) is 8.43. The summed E-state index contributed by atoms with van der Waals surface area (Å²) in [5, 5.41) is 1.05. The molecule has 80 valence electrons. The molecular weight excluding hydrogens is 210 g/mol. The highest BCUT2D eigenvalue weighted by atomic mass is 32.1. The third-order valence-electron chi connectivity index (χ3n) is 2.17. The smallest absolute Gasteiger partial charge is 0.105 e. The van der Waals surface area contributed by atoms with Crippen LogP contribution in [-0.2, 0) is 6.42 Å². The normalized spacial score (nSPS) is 12.9. The Labute approximate surface area is 92.1 Å². The van der Waals surface area contributed by atoms with Crippen LogP contribution in [0.15, 0.2) is 29.0 Å². The Balaban J connectivity index is 2.11. The van der Waals surface area contributed by atoms with E-state index in [2.05, 4.69) is 10.4 Å². The van der Waals surface area contributed by atoms with E-state index in [0.717, 1.165) is 22.1 Å². The average molecular weight is 223 g/mol. The predicted molar refractivity (Wildman–Crippen MR) is 59.3 cm³/mol. The summed E-state index contributed by atoms with van der Waals surface area (Å²) >= 11 is 1.65. The molecule has 0 radical (unpaired) electrons. The van der Waals surface area contributed by atoms with E-state index in [0.29, 0.717) is 0 Å². The molecule has 0 bridgehead atoms. The van der Waals surface area contributed by atoms with Gasteiger partial charge in [0, 0.05) is 17.5 Å². The van der Waals surface area contributed by atoms with Gasteiger partial charge in [0.15, 0.2) is 0 Å². The predicted octanol–water partition coefficient (Wildman–Crippen LogP) is 1.79. The van der Waals surface area contributed by atoms with Crippen molar-refractivity contribution in [3.05, 3.63) is 40.2 Å². The molecule has 2 rings (SSSR count). The van der Waals surface area contributed by atoms with Gasteiger partial charge in [-0.3, -0.25) is 11.3 Å². The lowest BCUT2D eigenvalue weighted by atomic mass is 10.1. The number of aromatic nitrogens is 1. The van der Waals surface area contributed by atoms with Crippen LogP contribution in [0.2, 0.25) is 0 Å². The lowest BCUT2D eigenvalue weighted by Crippen LogP contribution is -2.28. The summed E-state index contributed by atoms with van der Waals surface area (Å²) in [6.07, 6.45) is 4.26. The first kappa shape index (κ1) is 10.4. The van der Waals surface area contributed by atoms with Crippen molar-refractivity contribution in [1.29, 1.82) is 0 Å². The summed E-state index contributed by atoms with van der Waals surface area (Å²) in [6.45, 7) is 1.98. The van der Waals surface area contributed by atoms with Crippen molar-refractivity contribution in [2.45, 2.75) is 19.4 Å². The minimum atomic E-state index is 0.0716. The number of nitrogens with two attached hydrogens (primary N) is 1. The van der Waals surface area contributed by atoms with Gasteiger partial charge < -0.3 is 4.42 Å². The lowest BCUT2D eigenvalue weighted by Gasteiger charge is -2.11. The number of aryl methyl sites for hydroxylation is 1. The number of rotatable bonds is 4. The van der Waals surface area contributed by atoms with E-state index in [9.17, 15) is 0 Å². The quantitative estimate of drug-likeness (QED) is 0.612. The number of nitrogens with one attached hydrogen (secondary N) is 1. The van der Waals surface area contributed by atoms with E-state index in [-0.39, 0.29) is 6.04 Å². The molecule has 0 fully saturated rings. The van der Waals surface area contributed by atoms with Crippen LogP contribution >= 0.6 is 11.3 Å². The molecule has 0 aliphatic heterocycles. The van der Waals surface area contributed by atoms with Crippen molar-refractivity contribution in [2.75, 3.05) is 0 Å². The maximum atomic E-state index is 5.52. The second kappa shape index (κ2) is 4.57. The fourth-order valence-corrected chi connectivity index (χ4v) is 2.26. The van der Waals surface area contributed by atoms with Crippen molar-refractivity contribution in [3.8, 4) is 0 Å². The summed E-state index contributed by atoms with van der Waals surface area (Å²) in [5.74, 6) is 6.44. The molecule has 0 saturated heterocycles. The van der Waals surface area contributed by atoms with E-state index in [1.54, 1.807) is 17.6 Å². The Bertz CT molecular complexity index is 410. The Morgan fingerprint density at radius 3 is 3.07 bits per heavy atom. The Kier molecular flexibility index (Phi) is 3.15. The molecule has 1 unspecified atom stereocenters. The highest BCUT2D eigenvalue weighted by Gasteiger charge is 2.14. The Morgan fingerprint density at radius 2 is 2.53 bits per heavy atom. The Hall–Kier alpha value is -1.17. The molecule has 15 heavy (non-hydrogen) atoms. The molecule has 3 N–H and O–H groups in total. The SMILES string of the molecule is Cc1ncc(C(Cc2ccco2)NN)s1. The maximum absolute atomic E-state index is 5.52. The van der Waals surface area contributed by atoms with Gasteiger partial charge >= 0.3 is 0 Å². The number of hydrogen-bond acceptors (Lipinski definition) is 5. The van der Waals surface area contributed by atoms with Gasteiger partial charge in [0.2, 0.25) is 0 Å². The fourth-order valence-electron chi connectivity index (χ4n) is 1.41. The molecule has 5 heteroatoms. The molecule has 0 spiro atoms. The molecule has 0 saturated carbocycles. The first-order valence-electron chi connectivity index (χ1n) is 4.70. The van der Waals surface area contributed by atoms with Crippen LogP contribution in [0.1, 0.15) is 21.7 Å². The molecule has 2 aromatic heterocycles. The number of hydrogen-bond donors (Lipinski definition) is 2. The van der Waals surface area contributed by atoms with E-state index < -0.39 is 0 Å². The van der Waals surface area contributed by atoms with E-state index in [1.165, 1.54) is 0 Å². The number of thiazole rings is 1. The van der Waals surface area contributed by atoms with Crippen LogP contribution in [0.5, 0.6) is 0 Å². The van der Waals surface area contributed by atoms with Gasteiger partial charge in [-0.15, -0.1) is 11.3 Å². The highest BCUT2D eigenvalue weighted by Crippen LogP contribution is 2.23. The van der Waals surface area contributed by atoms with E-state index in [4.69, 9.17) is 10.3 Å². The second-order valence-electron chi connectivity index (χ2n) is 3.28. The summed E-state index contributed by atoms with van der Waals surface area (Å²) < 4.78 is 5.28. The van der Waals surface area contributed by atoms with Crippen molar-refractivity contribution >= 4 is 11.3 Å². The number of nitrogens with zero attached hydrogens (tertiary/aromatic N) is 1. The molecule has 2 heterocycles. The topological polar surface area (TPSA) is 64.1 Å². The zero-order chi connectivity index (χ0) is 10.7. The first-order valence-corrected chi connectivity index (χ1v) is 5.52. The standard InChI is InChI=1S/C10H13N3OS/c1-7-12-6-10(15-7)9(13-11)5-8-3-2-4-14-8/h2-4,6,9,13H,5,11H2,1H3. The highest BCUT2D eigenvalue weighted by molar-refractivity contribution is 7.11. The summed E-state index contributed by atoms with van der Waals surface area (Å²) in [4.78, 5) is 5.34. The average Bonchev–Trinajstić information content (AvgIpc) is 2.85. The minimum Gasteiger partial charge on any atom is -0.469 e. The molecular formula is C10H13N3OS. The van der Waals surface area contributed by atoms with Crippen molar-refractivity contribution in [3.63, 3.8) is 0 Å². The fraction of sp³-hybridized carbons (Fsp3) is 0.300. The van der Waals surface area contributed by atoms with Crippen LogP contribution < -0.4 is 11.3 Å². The van der Waals surface area contributed by atoms with Gasteiger partial charge in [-0.1, -0.05) is 0 Å². The van der Waals surface area contributed by atoms with Crippen LogP contribution in [0.4, 0.5) is 0 Å². The maximum Gasteiger partial charge on any atom is 0.105 e. The third kappa shape index (κ3) is 2.44. The monoisotopic (exact) mass is 223 g/mol. The van der Waals surface area contributed by atoms with Gasteiger partial charge in [0.25, 0.3) is 0 Å². The summed E-state index contributed by atoms with van der Waals surface area (Å²) in [6, 6.07) is 3.89. The molecule has 0 aromatic carbocycles. The van der Waals surface area contributed by atoms with Gasteiger partial charge in [-0.2, -0.15) is 0 Å². The first-order chi connectivity index (χ1) is 7.29. The van der Waals surface area contributed by atoms with Crippen molar-refractivity contribution in [2.24, 2.45) is 5.84 Å². The molecule has 0 amide bonds. The lowest BCUT2D eigenvalue weighted by molar-refractivity contribution is 0.458. The van der Waals surface area contributed by atoms with Crippen LogP contribution in [0.25, 0.3) is 0 Å². The van der Waals surface area contributed by atoms with E-state index in [1.807, 2.05) is 25.3 Å². The van der Waals surface area contributed by atoms with Gasteiger partial charge in [0.1, 0.15) is 5.76 Å². The zero-order valence-corrected chi connectivity index (χ0v) is 9.25. The molecule has 4 nitrogen and oxygen atoms in total. The van der Waals surface area contributed by atoms with Crippen LogP contribution in [0.3, 0.4) is 0 Å². The molecule has 2 aromatic rings. The second-order valence-corrected chi connectivity index (χ2v) is 4.55. The van der Waals surface area contributed by atoms with E-state index >= 15 is 0 Å². The van der Waals surface area contributed by atoms with Crippen molar-refractivity contribution in [1.82, 2.24) is 10.4 Å². The molecule has 0 aliphatic rings. The van der Waals surface area contributed by atoms with Crippen LogP contribution in [-0.4, -0.2) is 4.98 Å². The van der Waals surface area contributed by atoms with Crippen molar-refractivity contribution < 1.29 is 4.42 Å². The Morgan fingerprint density at radius 1 is 1.67 bits per heavy atom.